The van der Waals surface area contributed by atoms with Crippen LogP contribution in [0.5, 0.6) is 11.5 Å². The fourth-order valence-electron chi connectivity index (χ4n) is 3.28. The molecule has 3 heterocycles. The molecule has 0 atom stereocenters. The Kier molecular flexibility index (Phi) is 6.02. The number of esters is 1. The number of anilines is 1. The number of fused-ring (bicyclic) bond motifs is 1. The minimum Gasteiger partial charge on any atom is -0.456 e. The topological polar surface area (TPSA) is 117 Å². The number of amides is 1. The molecule has 1 amide bonds. The highest BCUT2D eigenvalue weighted by Gasteiger charge is 2.16. The van der Waals surface area contributed by atoms with Gasteiger partial charge < -0.3 is 19.5 Å². The second-order valence-electron chi connectivity index (χ2n) is 7.43. The molecule has 1 aliphatic rings. The van der Waals surface area contributed by atoms with Gasteiger partial charge in [-0.2, -0.15) is 9.78 Å². The number of hydrogen-bond donors (Lipinski definition) is 1. The van der Waals surface area contributed by atoms with Gasteiger partial charge in [0.05, 0.1) is 5.69 Å². The van der Waals surface area contributed by atoms with Gasteiger partial charge in [-0.1, -0.05) is 6.07 Å². The Morgan fingerprint density at radius 2 is 1.78 bits per heavy atom. The molecule has 0 spiro atoms. The summed E-state index contributed by atoms with van der Waals surface area (Å²) in [6.07, 6.45) is 0.605. The van der Waals surface area contributed by atoms with Gasteiger partial charge in [-0.05, 0) is 51.0 Å². The lowest BCUT2D eigenvalue weighted by Crippen LogP contribution is -2.23. The summed E-state index contributed by atoms with van der Waals surface area (Å²) in [4.78, 5) is 33.2. The summed E-state index contributed by atoms with van der Waals surface area (Å²) in [6.45, 7) is 5.30. The van der Waals surface area contributed by atoms with Crippen LogP contribution >= 0.6 is 0 Å². The molecule has 10 nitrogen and oxygen atoms in total. The first kappa shape index (κ1) is 21.3. The maximum absolute atomic E-state index is 12.3. The van der Waals surface area contributed by atoms with Crippen molar-refractivity contribution in [2.45, 2.75) is 33.6 Å². The largest absolute Gasteiger partial charge is 0.456 e. The standard InChI is InChI=1S/C22H23N5O5/c1-13-8-14(2)24-22(23-13)27-19(9-15(3)26-27)25-20(28)11-30-21(29)7-5-16-4-6-17-18(10-16)32-12-31-17/h4,6,8-10H,5,7,11-12H2,1-3H3,(H,25,28). The van der Waals surface area contributed by atoms with E-state index in [1.165, 1.54) is 4.68 Å². The summed E-state index contributed by atoms with van der Waals surface area (Å²) < 4.78 is 17.2. The second-order valence-corrected chi connectivity index (χ2v) is 7.43. The van der Waals surface area contributed by atoms with Crippen LogP contribution in [0.25, 0.3) is 5.95 Å². The van der Waals surface area contributed by atoms with Crippen LogP contribution in [0.2, 0.25) is 0 Å². The molecule has 166 valence electrons. The van der Waals surface area contributed by atoms with Gasteiger partial charge in [0, 0.05) is 23.9 Å². The van der Waals surface area contributed by atoms with Crippen molar-refractivity contribution in [1.29, 1.82) is 0 Å². The maximum Gasteiger partial charge on any atom is 0.306 e. The number of benzene rings is 1. The number of aromatic nitrogens is 4. The minimum atomic E-state index is -0.480. The molecule has 0 radical (unpaired) electrons. The van der Waals surface area contributed by atoms with Crippen LogP contribution in [0.15, 0.2) is 30.3 Å². The van der Waals surface area contributed by atoms with Crippen LogP contribution in [-0.2, 0) is 20.7 Å². The lowest BCUT2D eigenvalue weighted by Gasteiger charge is -2.09. The van der Waals surface area contributed by atoms with Crippen molar-refractivity contribution in [3.05, 3.63) is 53.0 Å². The molecule has 0 aliphatic carbocycles. The maximum atomic E-state index is 12.3. The highest BCUT2D eigenvalue weighted by Crippen LogP contribution is 2.32. The first-order valence-corrected chi connectivity index (χ1v) is 10.1. The molecule has 0 saturated heterocycles. The number of aryl methyl sites for hydroxylation is 4. The van der Waals surface area contributed by atoms with E-state index >= 15 is 0 Å². The molecule has 0 saturated carbocycles. The number of nitrogens with one attached hydrogen (secondary N) is 1. The predicted octanol–water partition coefficient (Wildman–Crippen LogP) is 2.43. The Hall–Kier alpha value is -3.95. The van der Waals surface area contributed by atoms with E-state index in [4.69, 9.17) is 14.2 Å². The molecule has 0 unspecified atom stereocenters. The highest BCUT2D eigenvalue weighted by molar-refractivity contribution is 5.92. The van der Waals surface area contributed by atoms with Gasteiger partial charge in [-0.25, -0.2) is 9.97 Å². The van der Waals surface area contributed by atoms with Crippen LogP contribution in [-0.4, -0.2) is 45.0 Å². The smallest absolute Gasteiger partial charge is 0.306 e. The predicted molar refractivity (Wildman–Crippen MR) is 114 cm³/mol. The zero-order valence-corrected chi connectivity index (χ0v) is 18.0. The number of nitrogens with zero attached hydrogens (tertiary/aromatic N) is 4. The second kappa shape index (κ2) is 9.04. The molecule has 3 aromatic rings. The number of ether oxygens (including phenoxy) is 3. The van der Waals surface area contributed by atoms with Crippen LogP contribution in [0.3, 0.4) is 0 Å². The summed E-state index contributed by atoms with van der Waals surface area (Å²) in [7, 11) is 0. The van der Waals surface area contributed by atoms with Crippen molar-refractivity contribution in [2.75, 3.05) is 18.7 Å². The zero-order valence-electron chi connectivity index (χ0n) is 18.0. The fraction of sp³-hybridized carbons (Fsp3) is 0.318. The molecular formula is C22H23N5O5. The van der Waals surface area contributed by atoms with Crippen molar-refractivity contribution < 1.29 is 23.8 Å². The SMILES string of the molecule is Cc1cc(C)nc(-n2nc(C)cc2NC(=O)COC(=O)CCc2ccc3c(c2)OCO3)n1. The first-order valence-electron chi connectivity index (χ1n) is 10.1. The average Bonchev–Trinajstić information content (AvgIpc) is 3.35. The summed E-state index contributed by atoms with van der Waals surface area (Å²) in [5, 5.41) is 7.05. The van der Waals surface area contributed by atoms with Crippen LogP contribution < -0.4 is 14.8 Å². The molecule has 1 N–H and O–H groups in total. The van der Waals surface area contributed by atoms with Gasteiger partial charge in [-0.15, -0.1) is 0 Å². The lowest BCUT2D eigenvalue weighted by molar-refractivity contribution is -0.147. The Balaban J connectivity index is 1.31. The van der Waals surface area contributed by atoms with Gasteiger partial charge in [0.15, 0.2) is 18.1 Å². The average molecular weight is 437 g/mol. The first-order chi connectivity index (χ1) is 15.4. The van der Waals surface area contributed by atoms with E-state index in [1.54, 1.807) is 19.1 Å². The van der Waals surface area contributed by atoms with Crippen LogP contribution in [0.1, 0.15) is 29.1 Å². The summed E-state index contributed by atoms with van der Waals surface area (Å²) in [6, 6.07) is 9.05. The van der Waals surface area contributed by atoms with E-state index in [2.05, 4.69) is 20.4 Å². The Bertz CT molecular complexity index is 1150. The van der Waals surface area contributed by atoms with Crippen molar-refractivity contribution in [2.24, 2.45) is 0 Å². The van der Waals surface area contributed by atoms with Gasteiger partial charge in [0.1, 0.15) is 5.82 Å². The Morgan fingerprint density at radius 1 is 1.03 bits per heavy atom. The number of carbonyl (C=O) groups is 2. The van der Waals surface area contributed by atoms with Crippen LogP contribution in [0.4, 0.5) is 5.82 Å². The van der Waals surface area contributed by atoms with Gasteiger partial charge in [0.25, 0.3) is 11.9 Å². The zero-order chi connectivity index (χ0) is 22.7. The molecule has 1 aromatic carbocycles. The molecule has 2 aromatic heterocycles. The summed E-state index contributed by atoms with van der Waals surface area (Å²) in [5.74, 6) is 1.15. The van der Waals surface area contributed by atoms with Gasteiger partial charge in [-0.3, -0.25) is 9.59 Å². The van der Waals surface area contributed by atoms with E-state index < -0.39 is 18.5 Å². The molecule has 0 fully saturated rings. The van der Waals surface area contributed by atoms with E-state index in [1.807, 2.05) is 32.0 Å². The molecule has 0 bridgehead atoms. The minimum absolute atomic E-state index is 0.139. The van der Waals surface area contributed by atoms with E-state index in [-0.39, 0.29) is 13.2 Å². The third-order valence-corrected chi connectivity index (χ3v) is 4.68. The number of carbonyl (C=O) groups excluding carboxylic acids is 2. The highest BCUT2D eigenvalue weighted by atomic mass is 16.7. The van der Waals surface area contributed by atoms with E-state index in [9.17, 15) is 9.59 Å². The van der Waals surface area contributed by atoms with Crippen molar-refractivity contribution >= 4 is 17.7 Å². The third kappa shape index (κ3) is 5.02. The molecule has 4 rings (SSSR count). The molecule has 10 heteroatoms. The lowest BCUT2D eigenvalue weighted by atomic mass is 10.1. The van der Waals surface area contributed by atoms with Crippen LogP contribution in [0, 0.1) is 20.8 Å². The summed E-state index contributed by atoms with van der Waals surface area (Å²) >= 11 is 0. The van der Waals surface area contributed by atoms with Gasteiger partial charge in [0.2, 0.25) is 6.79 Å². The molecular weight excluding hydrogens is 414 g/mol. The third-order valence-electron chi connectivity index (χ3n) is 4.68. The monoisotopic (exact) mass is 437 g/mol. The number of rotatable bonds is 7. The Labute approximate surface area is 184 Å². The Morgan fingerprint density at radius 3 is 2.56 bits per heavy atom. The molecule has 32 heavy (non-hydrogen) atoms. The molecule has 1 aliphatic heterocycles. The quantitative estimate of drug-likeness (QED) is 0.560. The van der Waals surface area contributed by atoms with Crippen molar-refractivity contribution in [3.8, 4) is 17.4 Å². The number of hydrogen-bond acceptors (Lipinski definition) is 8. The summed E-state index contributed by atoms with van der Waals surface area (Å²) in [5.41, 5.74) is 3.18. The van der Waals surface area contributed by atoms with Gasteiger partial charge >= 0.3 is 5.97 Å². The van der Waals surface area contributed by atoms with Crippen molar-refractivity contribution in [3.63, 3.8) is 0 Å². The normalized spacial score (nSPS) is 12.0. The van der Waals surface area contributed by atoms with E-state index in [0.29, 0.717) is 35.4 Å². The fourth-order valence-corrected chi connectivity index (χ4v) is 3.28. The van der Waals surface area contributed by atoms with E-state index in [0.717, 1.165) is 17.0 Å². The van der Waals surface area contributed by atoms with Crippen molar-refractivity contribution in [1.82, 2.24) is 19.7 Å².